The van der Waals surface area contributed by atoms with E-state index in [1.807, 2.05) is 60.7 Å². The molecule has 0 aliphatic rings. The predicted molar refractivity (Wildman–Crippen MR) is 203 cm³/mol. The quantitative estimate of drug-likeness (QED) is 0.0772. The van der Waals surface area contributed by atoms with Gasteiger partial charge in [-0.3, -0.25) is 4.79 Å². The Labute approximate surface area is 319 Å². The van der Waals surface area contributed by atoms with Gasteiger partial charge < -0.3 is 44.9 Å². The highest BCUT2D eigenvalue weighted by Gasteiger charge is 2.32. The number of aliphatic hydroxyl groups is 1. The fourth-order valence-corrected chi connectivity index (χ4v) is 5.02. The Morgan fingerprint density at radius 1 is 0.722 bits per heavy atom. The summed E-state index contributed by atoms with van der Waals surface area (Å²) in [6.45, 7) is 14.2. The molecule has 2 aromatic rings. The van der Waals surface area contributed by atoms with E-state index < -0.39 is 59.5 Å². The number of carbonyl (C=O) groups is 5. The summed E-state index contributed by atoms with van der Waals surface area (Å²) in [5, 5.41) is 18.8. The molecule has 14 nitrogen and oxygen atoms in total. The van der Waals surface area contributed by atoms with Crippen LogP contribution >= 0.6 is 0 Å². The molecule has 300 valence electrons. The Kier molecular flexibility index (Phi) is 18.8. The number of carbonyl (C=O) groups excluding carboxylic acids is 5. The molecule has 0 heterocycles. The van der Waals surface area contributed by atoms with Crippen molar-refractivity contribution < 1.29 is 48.0 Å². The second-order valence-electron chi connectivity index (χ2n) is 15.4. The monoisotopic (exact) mass is 756 g/mol. The van der Waals surface area contributed by atoms with E-state index in [-0.39, 0.29) is 51.6 Å². The van der Waals surface area contributed by atoms with Gasteiger partial charge in [-0.2, -0.15) is 0 Å². The van der Waals surface area contributed by atoms with Crippen LogP contribution < -0.4 is 16.0 Å². The molecule has 0 saturated heterocycles. The standard InChI is InChI=1S/C40H60N4O10/c1-28(2)33(35(47)53-39(3,4)5)43-34(46)32(42-37(49)54-40(6,7)8)21-15-16-24-44(38(50)52-27-30-19-13-10-14-20-30)25-31(45)22-23-41-36(48)51-26-29-17-11-9-12-18-29/h9-14,17-20,28,31-33,45H,15-16,21-27H2,1-8H3,(H,41,48)(H,42,49)(H,43,46)/t31-,32+,33+/m1/s1. The molecule has 0 unspecified atom stereocenters. The smallest absolute Gasteiger partial charge is 0.410 e. The summed E-state index contributed by atoms with van der Waals surface area (Å²) < 4.78 is 21.7. The number of ether oxygens (including phenoxy) is 4. The van der Waals surface area contributed by atoms with Crippen LogP contribution in [0.3, 0.4) is 0 Å². The molecule has 2 aromatic carbocycles. The molecule has 4 N–H and O–H groups in total. The zero-order valence-electron chi connectivity index (χ0n) is 33.0. The number of alkyl carbamates (subject to hydrolysis) is 2. The molecule has 0 aromatic heterocycles. The van der Waals surface area contributed by atoms with E-state index in [1.54, 1.807) is 55.4 Å². The summed E-state index contributed by atoms with van der Waals surface area (Å²) >= 11 is 0. The highest BCUT2D eigenvalue weighted by atomic mass is 16.6. The number of nitrogens with one attached hydrogen (secondary N) is 3. The fraction of sp³-hybridized carbons (Fsp3) is 0.575. The number of hydrogen-bond acceptors (Lipinski definition) is 10. The van der Waals surface area contributed by atoms with E-state index in [1.165, 1.54) is 4.90 Å². The van der Waals surface area contributed by atoms with Crippen molar-refractivity contribution in [2.24, 2.45) is 5.92 Å². The normalized spacial score (nSPS) is 13.1. The molecule has 0 radical (unpaired) electrons. The molecule has 0 bridgehead atoms. The number of benzene rings is 2. The number of aliphatic hydroxyl groups excluding tert-OH is 1. The van der Waals surface area contributed by atoms with Crippen LogP contribution in [0.25, 0.3) is 0 Å². The summed E-state index contributed by atoms with van der Waals surface area (Å²) in [7, 11) is 0. The highest BCUT2D eigenvalue weighted by molar-refractivity contribution is 5.89. The molecule has 0 spiro atoms. The van der Waals surface area contributed by atoms with Gasteiger partial charge in [-0.1, -0.05) is 74.5 Å². The third-order valence-electron chi connectivity index (χ3n) is 7.66. The van der Waals surface area contributed by atoms with Crippen LogP contribution in [-0.4, -0.2) is 89.2 Å². The Morgan fingerprint density at radius 2 is 1.28 bits per heavy atom. The summed E-state index contributed by atoms with van der Waals surface area (Å²) in [6, 6.07) is 16.4. The van der Waals surface area contributed by atoms with E-state index in [2.05, 4.69) is 16.0 Å². The number of nitrogens with zero attached hydrogens (tertiary/aromatic N) is 1. The van der Waals surface area contributed by atoms with Crippen LogP contribution in [0.5, 0.6) is 0 Å². The maximum atomic E-state index is 13.5. The maximum absolute atomic E-state index is 13.5. The molecule has 0 saturated carbocycles. The molecule has 0 fully saturated rings. The molecule has 2 rings (SSSR count). The Bertz CT molecular complexity index is 1460. The molecule has 0 aliphatic heterocycles. The molecule has 3 atom stereocenters. The van der Waals surface area contributed by atoms with E-state index in [4.69, 9.17) is 18.9 Å². The van der Waals surface area contributed by atoms with E-state index in [9.17, 15) is 29.1 Å². The second-order valence-corrected chi connectivity index (χ2v) is 15.4. The van der Waals surface area contributed by atoms with Crippen LogP contribution in [0.4, 0.5) is 14.4 Å². The first-order valence-electron chi connectivity index (χ1n) is 18.4. The Hall–Kier alpha value is -4.85. The van der Waals surface area contributed by atoms with Crippen molar-refractivity contribution in [3.8, 4) is 0 Å². The van der Waals surface area contributed by atoms with Crippen molar-refractivity contribution in [1.29, 1.82) is 0 Å². The van der Waals surface area contributed by atoms with Gasteiger partial charge in [0.15, 0.2) is 0 Å². The average Bonchev–Trinajstić information content (AvgIpc) is 3.08. The summed E-state index contributed by atoms with van der Waals surface area (Å²) in [5.41, 5.74) is 0.0419. The Morgan fingerprint density at radius 3 is 1.81 bits per heavy atom. The molecule has 0 aliphatic carbocycles. The first-order valence-corrected chi connectivity index (χ1v) is 18.4. The number of amides is 4. The van der Waals surface area contributed by atoms with Gasteiger partial charge in [0.25, 0.3) is 0 Å². The third kappa shape index (κ3) is 19.3. The van der Waals surface area contributed by atoms with Crippen molar-refractivity contribution in [2.45, 2.75) is 124 Å². The van der Waals surface area contributed by atoms with E-state index in [0.29, 0.717) is 12.8 Å². The van der Waals surface area contributed by atoms with Crippen molar-refractivity contribution >= 4 is 30.2 Å². The first-order chi connectivity index (χ1) is 25.3. The lowest BCUT2D eigenvalue weighted by Gasteiger charge is -2.29. The van der Waals surface area contributed by atoms with Crippen LogP contribution in [-0.2, 0) is 41.8 Å². The molecular weight excluding hydrogens is 696 g/mol. The van der Waals surface area contributed by atoms with Crippen LogP contribution in [0.1, 0.15) is 92.2 Å². The number of unbranched alkanes of at least 4 members (excludes halogenated alkanes) is 1. The third-order valence-corrected chi connectivity index (χ3v) is 7.66. The van der Waals surface area contributed by atoms with Gasteiger partial charge in [0.2, 0.25) is 5.91 Å². The van der Waals surface area contributed by atoms with Crippen LogP contribution in [0.2, 0.25) is 0 Å². The Balaban J connectivity index is 2.06. The van der Waals surface area contributed by atoms with Gasteiger partial charge in [-0.25, -0.2) is 19.2 Å². The van der Waals surface area contributed by atoms with Gasteiger partial charge >= 0.3 is 24.2 Å². The molecular formula is C40H60N4O10. The van der Waals surface area contributed by atoms with E-state index >= 15 is 0 Å². The molecule has 54 heavy (non-hydrogen) atoms. The lowest BCUT2D eigenvalue weighted by Crippen LogP contribution is -2.54. The summed E-state index contributed by atoms with van der Waals surface area (Å²) in [6.07, 6.45) is -2.06. The minimum atomic E-state index is -1.07. The maximum Gasteiger partial charge on any atom is 0.410 e. The van der Waals surface area contributed by atoms with Crippen molar-refractivity contribution in [2.75, 3.05) is 19.6 Å². The topological polar surface area (TPSA) is 182 Å². The minimum Gasteiger partial charge on any atom is -0.458 e. The van der Waals surface area contributed by atoms with Crippen LogP contribution in [0, 0.1) is 5.92 Å². The average molecular weight is 757 g/mol. The lowest BCUT2D eigenvalue weighted by molar-refractivity contribution is -0.160. The van der Waals surface area contributed by atoms with Crippen molar-refractivity contribution in [1.82, 2.24) is 20.9 Å². The minimum absolute atomic E-state index is 0.0256. The van der Waals surface area contributed by atoms with E-state index in [0.717, 1.165) is 11.1 Å². The van der Waals surface area contributed by atoms with Crippen molar-refractivity contribution in [3.05, 3.63) is 71.8 Å². The van der Waals surface area contributed by atoms with Gasteiger partial charge in [0.05, 0.1) is 6.10 Å². The SMILES string of the molecule is CC(C)[C@H](NC(=O)[C@H](CCCCN(C[C@H](O)CCNC(=O)OCc1ccccc1)C(=O)OCc1ccccc1)NC(=O)OC(C)(C)C)C(=O)OC(C)(C)C. The predicted octanol–water partition coefficient (Wildman–Crippen LogP) is 5.85. The van der Waals surface area contributed by atoms with Gasteiger partial charge in [0, 0.05) is 19.6 Å². The number of esters is 1. The summed E-state index contributed by atoms with van der Waals surface area (Å²) in [4.78, 5) is 66.0. The number of hydrogen-bond donors (Lipinski definition) is 4. The van der Waals surface area contributed by atoms with Gasteiger partial charge in [0.1, 0.15) is 36.5 Å². The van der Waals surface area contributed by atoms with Crippen LogP contribution in [0.15, 0.2) is 60.7 Å². The second kappa shape index (κ2) is 22.4. The number of rotatable bonds is 19. The fourth-order valence-electron chi connectivity index (χ4n) is 5.02. The summed E-state index contributed by atoms with van der Waals surface area (Å²) in [5.74, 6) is -1.48. The zero-order valence-corrected chi connectivity index (χ0v) is 33.0. The molecule has 4 amide bonds. The molecule has 14 heteroatoms. The van der Waals surface area contributed by atoms with Crippen molar-refractivity contribution in [3.63, 3.8) is 0 Å². The zero-order chi connectivity index (χ0) is 40.3. The highest BCUT2D eigenvalue weighted by Crippen LogP contribution is 2.15. The largest absolute Gasteiger partial charge is 0.458 e. The van der Waals surface area contributed by atoms with Gasteiger partial charge in [-0.05, 0) is 84.3 Å². The van der Waals surface area contributed by atoms with Gasteiger partial charge in [-0.15, -0.1) is 0 Å². The first kappa shape index (κ1) is 45.3. The lowest BCUT2D eigenvalue weighted by atomic mass is 10.0.